The van der Waals surface area contributed by atoms with Crippen LogP contribution in [0.2, 0.25) is 0 Å². The minimum atomic E-state index is 0.281. The molecule has 0 amide bonds. The normalized spacial score (nSPS) is 13.5. The molecule has 18 heavy (non-hydrogen) atoms. The summed E-state index contributed by atoms with van der Waals surface area (Å²) >= 11 is 0. The topological polar surface area (TPSA) is 29.5 Å². The highest BCUT2D eigenvalue weighted by molar-refractivity contribution is 5.85. The van der Waals surface area contributed by atoms with Crippen LogP contribution >= 0.6 is 0 Å². The minimum Gasteiger partial charge on any atom is -0.508 e. The molecule has 2 heteroatoms. The summed E-state index contributed by atoms with van der Waals surface area (Å²) in [5.74, 6) is 1.07. The number of phenols is 1. The summed E-state index contributed by atoms with van der Waals surface area (Å²) in [6.07, 6.45) is 2.08. The van der Waals surface area contributed by atoms with Gasteiger partial charge in [0.15, 0.2) is 0 Å². The summed E-state index contributed by atoms with van der Waals surface area (Å²) in [7, 11) is 0. The van der Waals surface area contributed by atoms with Gasteiger partial charge in [-0.25, -0.2) is 0 Å². The Bertz CT molecular complexity index is 612. The fraction of sp³-hybridized carbons (Fsp3) is 0.125. The largest absolute Gasteiger partial charge is 0.508 e. The van der Waals surface area contributed by atoms with E-state index in [0.717, 1.165) is 16.9 Å². The predicted octanol–water partition coefficient (Wildman–Crippen LogP) is 3.52. The van der Waals surface area contributed by atoms with Crippen LogP contribution in [-0.2, 0) is 0 Å². The zero-order valence-corrected chi connectivity index (χ0v) is 10.2. The molecule has 0 saturated carbocycles. The first-order valence-corrected chi connectivity index (χ1v) is 5.98. The SMILES string of the molecule is Cc1c(O)ccc2c1OCC=C2c1ccccc1. The fourth-order valence-corrected chi connectivity index (χ4v) is 2.29. The number of aromatic hydroxyl groups is 1. The van der Waals surface area contributed by atoms with Crippen LogP contribution < -0.4 is 4.74 Å². The van der Waals surface area contributed by atoms with Gasteiger partial charge in [-0.1, -0.05) is 30.3 Å². The Morgan fingerprint density at radius 1 is 1.06 bits per heavy atom. The predicted molar refractivity (Wildman–Crippen MR) is 71.9 cm³/mol. The van der Waals surface area contributed by atoms with Crippen LogP contribution in [0.3, 0.4) is 0 Å². The average molecular weight is 238 g/mol. The summed E-state index contributed by atoms with van der Waals surface area (Å²) in [5.41, 5.74) is 4.18. The van der Waals surface area contributed by atoms with Gasteiger partial charge in [-0.3, -0.25) is 0 Å². The van der Waals surface area contributed by atoms with Crippen molar-refractivity contribution in [3.63, 3.8) is 0 Å². The third kappa shape index (κ3) is 1.66. The Labute approximate surface area is 106 Å². The summed E-state index contributed by atoms with van der Waals surface area (Å²) < 4.78 is 5.65. The molecule has 0 aliphatic carbocycles. The van der Waals surface area contributed by atoms with Crippen molar-refractivity contribution in [3.8, 4) is 11.5 Å². The highest BCUT2D eigenvalue weighted by Crippen LogP contribution is 2.39. The standard InChI is InChI=1S/C16H14O2/c1-11-15(17)8-7-14-13(9-10-18-16(11)14)12-5-3-2-4-6-12/h2-9,17H,10H2,1H3. The number of benzene rings is 2. The second-order valence-corrected chi connectivity index (χ2v) is 4.38. The molecule has 0 atom stereocenters. The van der Waals surface area contributed by atoms with E-state index in [-0.39, 0.29) is 5.75 Å². The number of hydrogen-bond acceptors (Lipinski definition) is 2. The quantitative estimate of drug-likeness (QED) is 0.823. The molecule has 0 radical (unpaired) electrons. The van der Waals surface area contributed by atoms with Crippen molar-refractivity contribution in [2.24, 2.45) is 0 Å². The minimum absolute atomic E-state index is 0.281. The maximum atomic E-state index is 9.73. The summed E-state index contributed by atoms with van der Waals surface area (Å²) in [4.78, 5) is 0. The molecule has 2 aromatic rings. The molecule has 2 nitrogen and oxygen atoms in total. The number of phenolic OH excluding ortho intramolecular Hbond substituents is 1. The van der Waals surface area contributed by atoms with Gasteiger partial charge in [0, 0.05) is 11.1 Å². The Hall–Kier alpha value is -2.22. The van der Waals surface area contributed by atoms with Crippen LogP contribution in [0.5, 0.6) is 11.5 Å². The van der Waals surface area contributed by atoms with E-state index in [9.17, 15) is 5.11 Å². The fourth-order valence-electron chi connectivity index (χ4n) is 2.29. The summed E-state index contributed by atoms with van der Waals surface area (Å²) in [6.45, 7) is 2.42. The second-order valence-electron chi connectivity index (χ2n) is 4.38. The maximum absolute atomic E-state index is 9.73. The van der Waals surface area contributed by atoms with Crippen molar-refractivity contribution in [2.75, 3.05) is 6.61 Å². The van der Waals surface area contributed by atoms with Crippen molar-refractivity contribution in [1.82, 2.24) is 0 Å². The third-order valence-corrected chi connectivity index (χ3v) is 3.27. The van der Waals surface area contributed by atoms with Crippen LogP contribution in [0.25, 0.3) is 5.57 Å². The molecular weight excluding hydrogens is 224 g/mol. The lowest BCUT2D eigenvalue weighted by Crippen LogP contribution is -2.06. The van der Waals surface area contributed by atoms with Crippen LogP contribution in [-0.4, -0.2) is 11.7 Å². The Kier molecular flexibility index (Phi) is 2.56. The monoisotopic (exact) mass is 238 g/mol. The lowest BCUT2D eigenvalue weighted by Gasteiger charge is -2.21. The van der Waals surface area contributed by atoms with Gasteiger partial charge in [-0.05, 0) is 36.3 Å². The smallest absolute Gasteiger partial charge is 0.134 e. The van der Waals surface area contributed by atoms with Gasteiger partial charge in [0.25, 0.3) is 0 Å². The van der Waals surface area contributed by atoms with E-state index in [2.05, 4.69) is 18.2 Å². The second kappa shape index (κ2) is 4.22. The highest BCUT2D eigenvalue weighted by atomic mass is 16.5. The number of rotatable bonds is 1. The number of fused-ring (bicyclic) bond motifs is 1. The van der Waals surface area contributed by atoms with Gasteiger partial charge in [-0.15, -0.1) is 0 Å². The molecule has 0 unspecified atom stereocenters. The van der Waals surface area contributed by atoms with Crippen molar-refractivity contribution in [2.45, 2.75) is 6.92 Å². The molecular formula is C16H14O2. The van der Waals surface area contributed by atoms with E-state index in [4.69, 9.17) is 4.74 Å². The molecule has 2 aromatic carbocycles. The molecule has 0 fully saturated rings. The van der Waals surface area contributed by atoms with Crippen LogP contribution in [0.15, 0.2) is 48.5 Å². The van der Waals surface area contributed by atoms with E-state index in [1.807, 2.05) is 31.2 Å². The van der Waals surface area contributed by atoms with E-state index in [1.54, 1.807) is 6.07 Å². The van der Waals surface area contributed by atoms with Gasteiger partial charge in [0.05, 0.1) is 0 Å². The van der Waals surface area contributed by atoms with Gasteiger partial charge in [0.2, 0.25) is 0 Å². The lowest BCUT2D eigenvalue weighted by molar-refractivity contribution is 0.351. The van der Waals surface area contributed by atoms with Crippen LogP contribution in [0.4, 0.5) is 0 Å². The van der Waals surface area contributed by atoms with Gasteiger partial charge >= 0.3 is 0 Å². The van der Waals surface area contributed by atoms with Crippen molar-refractivity contribution in [1.29, 1.82) is 0 Å². The Balaban J connectivity index is 2.17. The Morgan fingerprint density at radius 2 is 1.83 bits per heavy atom. The molecule has 1 heterocycles. The molecule has 90 valence electrons. The van der Waals surface area contributed by atoms with Crippen LogP contribution in [0.1, 0.15) is 16.7 Å². The summed E-state index contributed by atoms with van der Waals surface area (Å²) in [6, 6.07) is 13.9. The van der Waals surface area contributed by atoms with Gasteiger partial charge in [0.1, 0.15) is 18.1 Å². The van der Waals surface area contributed by atoms with E-state index in [1.165, 1.54) is 11.1 Å². The molecule has 1 aliphatic rings. The van der Waals surface area contributed by atoms with Crippen molar-refractivity contribution >= 4 is 5.57 Å². The van der Waals surface area contributed by atoms with E-state index < -0.39 is 0 Å². The Morgan fingerprint density at radius 3 is 2.61 bits per heavy atom. The van der Waals surface area contributed by atoms with Gasteiger partial charge in [-0.2, -0.15) is 0 Å². The lowest BCUT2D eigenvalue weighted by atomic mass is 9.93. The van der Waals surface area contributed by atoms with Crippen molar-refractivity contribution in [3.05, 3.63) is 65.2 Å². The molecule has 0 saturated heterocycles. The first-order chi connectivity index (χ1) is 8.77. The molecule has 0 bridgehead atoms. The first kappa shape index (κ1) is 10.9. The zero-order chi connectivity index (χ0) is 12.5. The average Bonchev–Trinajstić information content (AvgIpc) is 2.43. The zero-order valence-electron chi connectivity index (χ0n) is 10.2. The number of ether oxygens (including phenoxy) is 1. The number of hydrogen-bond donors (Lipinski definition) is 1. The van der Waals surface area contributed by atoms with Crippen molar-refractivity contribution < 1.29 is 9.84 Å². The third-order valence-electron chi connectivity index (χ3n) is 3.27. The summed E-state index contributed by atoms with van der Waals surface area (Å²) in [5, 5.41) is 9.73. The first-order valence-electron chi connectivity index (χ1n) is 5.98. The molecule has 1 aliphatic heterocycles. The molecule has 0 spiro atoms. The van der Waals surface area contributed by atoms with E-state index >= 15 is 0 Å². The molecule has 1 N–H and O–H groups in total. The molecule has 3 rings (SSSR count). The maximum Gasteiger partial charge on any atom is 0.134 e. The highest BCUT2D eigenvalue weighted by Gasteiger charge is 2.18. The van der Waals surface area contributed by atoms with Gasteiger partial charge < -0.3 is 9.84 Å². The van der Waals surface area contributed by atoms with Crippen LogP contribution in [0, 0.1) is 6.92 Å². The molecule has 0 aromatic heterocycles. The van der Waals surface area contributed by atoms with E-state index in [0.29, 0.717) is 6.61 Å².